The molecule has 0 spiro atoms. The molecule has 0 unspecified atom stereocenters. The van der Waals surface area contributed by atoms with Gasteiger partial charge in [-0.2, -0.15) is 0 Å². The van der Waals surface area contributed by atoms with Crippen LogP contribution in [-0.2, 0) is 23.1 Å². The van der Waals surface area contributed by atoms with Crippen LogP contribution in [-0.4, -0.2) is 33.1 Å². The van der Waals surface area contributed by atoms with E-state index in [1.54, 1.807) is 13.0 Å². The Labute approximate surface area is 173 Å². The van der Waals surface area contributed by atoms with Crippen LogP contribution < -0.4 is 16.0 Å². The summed E-state index contributed by atoms with van der Waals surface area (Å²) < 4.78 is 48.8. The first-order chi connectivity index (χ1) is 14.5. The second kappa shape index (κ2) is 8.32. The molecule has 3 rings (SSSR count). The van der Waals surface area contributed by atoms with Gasteiger partial charge in [-0.1, -0.05) is 12.1 Å². The molecule has 0 radical (unpaired) electrons. The van der Waals surface area contributed by atoms with Crippen molar-refractivity contribution >= 4 is 17.0 Å². The second-order valence-corrected chi connectivity index (χ2v) is 6.92. The number of rotatable bonds is 6. The van der Waals surface area contributed by atoms with E-state index >= 15 is 0 Å². The van der Waals surface area contributed by atoms with E-state index in [1.165, 1.54) is 36.7 Å². The predicted molar refractivity (Wildman–Crippen MR) is 106 cm³/mol. The van der Waals surface area contributed by atoms with E-state index in [2.05, 4.69) is 9.72 Å². The first-order valence-electron chi connectivity index (χ1n) is 9.31. The molecular weight excluding hydrogens is 419 g/mol. The van der Waals surface area contributed by atoms with Crippen LogP contribution in [0.1, 0.15) is 18.9 Å². The molecule has 166 valence electrons. The third kappa shape index (κ3) is 4.65. The molecule has 0 saturated heterocycles. The Kier molecular flexibility index (Phi) is 5.96. The van der Waals surface area contributed by atoms with Gasteiger partial charge in [0, 0.05) is 26.1 Å². The summed E-state index contributed by atoms with van der Waals surface area (Å²) in [6, 6.07) is 5.33. The molecule has 0 saturated carbocycles. The average Bonchev–Trinajstić information content (AvgIpc) is 3.02. The number of aryl methyl sites for hydroxylation is 2. The van der Waals surface area contributed by atoms with Crippen molar-refractivity contribution in [1.82, 2.24) is 14.1 Å². The summed E-state index contributed by atoms with van der Waals surface area (Å²) in [5.41, 5.74) is 0.660. The third-order valence-electron chi connectivity index (χ3n) is 4.72. The van der Waals surface area contributed by atoms with Crippen molar-refractivity contribution in [2.75, 3.05) is 6.61 Å². The summed E-state index contributed by atoms with van der Waals surface area (Å²) in [6.07, 6.45) is -4.57. The fraction of sp³-hybridized carbons (Fsp3) is 0.350. The van der Waals surface area contributed by atoms with Gasteiger partial charge in [-0.05, 0) is 31.0 Å². The van der Waals surface area contributed by atoms with Crippen molar-refractivity contribution in [3.8, 4) is 17.0 Å². The maximum Gasteiger partial charge on any atom is 0.573 e. The summed E-state index contributed by atoms with van der Waals surface area (Å²) in [5, 5.41) is 0. The van der Waals surface area contributed by atoms with Crippen LogP contribution in [0.2, 0.25) is 0 Å². The Hall–Kier alpha value is -3.50. The van der Waals surface area contributed by atoms with Crippen molar-refractivity contribution in [2.24, 2.45) is 7.05 Å². The quantitative estimate of drug-likeness (QED) is 0.471. The van der Waals surface area contributed by atoms with E-state index < -0.39 is 29.3 Å². The normalized spacial score (nSPS) is 11.7. The number of aromatic amines is 1. The van der Waals surface area contributed by atoms with Gasteiger partial charge in [0.2, 0.25) is 0 Å². The molecule has 0 fully saturated rings. The van der Waals surface area contributed by atoms with E-state index in [1.807, 2.05) is 0 Å². The number of alkyl halides is 3. The summed E-state index contributed by atoms with van der Waals surface area (Å²) >= 11 is 0. The number of halogens is 3. The lowest BCUT2D eigenvalue weighted by molar-refractivity contribution is -0.274. The molecule has 1 N–H and O–H groups in total. The largest absolute Gasteiger partial charge is 0.573 e. The molecule has 2 heterocycles. The van der Waals surface area contributed by atoms with E-state index in [9.17, 15) is 27.6 Å². The average molecular weight is 439 g/mol. The first-order valence-corrected chi connectivity index (χ1v) is 9.31. The maximum atomic E-state index is 12.9. The van der Waals surface area contributed by atoms with Gasteiger partial charge in [-0.25, -0.2) is 4.79 Å². The standard InChI is InChI=1S/C20H20F3N3O5/c1-11-15(13-6-4-7-14(10-13)31-20(21,22)23)24-16-17(11)25(3)19(29)26(18(16)28)8-5-9-30-12(2)27/h4,6-7,10,24H,5,8-9H2,1-3H3. The molecule has 31 heavy (non-hydrogen) atoms. The Bertz CT molecular complexity index is 1250. The molecule has 8 nitrogen and oxygen atoms in total. The van der Waals surface area contributed by atoms with Crippen LogP contribution in [0, 0.1) is 6.92 Å². The lowest BCUT2D eigenvalue weighted by Gasteiger charge is -2.10. The molecule has 0 amide bonds. The number of nitrogens with one attached hydrogen (secondary N) is 1. The smallest absolute Gasteiger partial charge is 0.466 e. The van der Waals surface area contributed by atoms with E-state index in [-0.39, 0.29) is 25.1 Å². The molecule has 0 atom stereocenters. The number of carbonyl (C=O) groups excluding carboxylic acids is 1. The second-order valence-electron chi connectivity index (χ2n) is 6.92. The monoisotopic (exact) mass is 439 g/mol. The van der Waals surface area contributed by atoms with Crippen LogP contribution in [0.4, 0.5) is 13.2 Å². The van der Waals surface area contributed by atoms with Gasteiger partial charge >= 0.3 is 18.0 Å². The van der Waals surface area contributed by atoms with Crippen LogP contribution in [0.5, 0.6) is 5.75 Å². The molecular formula is C20H20F3N3O5. The number of esters is 1. The van der Waals surface area contributed by atoms with E-state index in [0.29, 0.717) is 22.3 Å². The number of hydrogen-bond acceptors (Lipinski definition) is 5. The van der Waals surface area contributed by atoms with Gasteiger partial charge in [-0.3, -0.25) is 18.7 Å². The molecule has 0 aliphatic carbocycles. The van der Waals surface area contributed by atoms with Crippen molar-refractivity contribution < 1.29 is 27.4 Å². The van der Waals surface area contributed by atoms with E-state index in [4.69, 9.17) is 4.74 Å². The molecule has 11 heteroatoms. The Balaban J connectivity index is 2.06. The highest BCUT2D eigenvalue weighted by Gasteiger charge is 2.31. The highest BCUT2D eigenvalue weighted by atomic mass is 19.4. The van der Waals surface area contributed by atoms with Gasteiger partial charge < -0.3 is 14.5 Å². The minimum atomic E-state index is -4.84. The SMILES string of the molecule is CC(=O)OCCCn1c(=O)c2[nH]c(-c3cccc(OC(F)(F)F)c3)c(C)c2n(C)c1=O. The summed E-state index contributed by atoms with van der Waals surface area (Å²) in [7, 11) is 1.50. The Morgan fingerprint density at radius 1 is 1.23 bits per heavy atom. The molecule has 2 aromatic heterocycles. The number of benzene rings is 1. The van der Waals surface area contributed by atoms with Crippen molar-refractivity contribution in [3.63, 3.8) is 0 Å². The first kappa shape index (κ1) is 22.2. The number of fused-ring (bicyclic) bond motifs is 1. The van der Waals surface area contributed by atoms with Crippen LogP contribution >= 0.6 is 0 Å². The number of ether oxygens (including phenoxy) is 2. The lowest BCUT2D eigenvalue weighted by Crippen LogP contribution is -2.39. The summed E-state index contributed by atoms with van der Waals surface area (Å²) in [4.78, 5) is 39.4. The van der Waals surface area contributed by atoms with Gasteiger partial charge in [-0.15, -0.1) is 13.2 Å². The number of nitrogens with zero attached hydrogens (tertiary/aromatic N) is 2. The minimum Gasteiger partial charge on any atom is -0.466 e. The number of aromatic nitrogens is 3. The zero-order valence-electron chi connectivity index (χ0n) is 17.0. The van der Waals surface area contributed by atoms with Crippen molar-refractivity contribution in [3.05, 3.63) is 50.7 Å². The number of hydrogen-bond donors (Lipinski definition) is 1. The Morgan fingerprint density at radius 2 is 1.94 bits per heavy atom. The summed E-state index contributed by atoms with van der Waals surface area (Å²) in [5.74, 6) is -0.864. The molecule has 0 aliphatic heterocycles. The van der Waals surface area contributed by atoms with E-state index in [0.717, 1.165) is 4.57 Å². The third-order valence-corrected chi connectivity index (χ3v) is 4.72. The number of carbonyl (C=O) groups is 1. The van der Waals surface area contributed by atoms with Crippen LogP contribution in [0.3, 0.4) is 0 Å². The van der Waals surface area contributed by atoms with Crippen LogP contribution in [0.15, 0.2) is 33.9 Å². The topological polar surface area (TPSA) is 95.3 Å². The minimum absolute atomic E-state index is 0.0387. The van der Waals surface area contributed by atoms with Gasteiger partial charge in [0.25, 0.3) is 5.56 Å². The molecule has 1 aromatic carbocycles. The molecule has 0 bridgehead atoms. The maximum absolute atomic E-state index is 12.9. The highest BCUT2D eigenvalue weighted by molar-refractivity contribution is 5.87. The highest BCUT2D eigenvalue weighted by Crippen LogP contribution is 2.31. The van der Waals surface area contributed by atoms with Crippen molar-refractivity contribution in [2.45, 2.75) is 33.2 Å². The van der Waals surface area contributed by atoms with Crippen molar-refractivity contribution in [1.29, 1.82) is 0 Å². The predicted octanol–water partition coefficient (Wildman–Crippen LogP) is 2.86. The molecule has 0 aliphatic rings. The number of H-pyrrole nitrogens is 1. The van der Waals surface area contributed by atoms with Gasteiger partial charge in [0.1, 0.15) is 11.3 Å². The summed E-state index contributed by atoms with van der Waals surface area (Å²) in [6.45, 7) is 3.02. The van der Waals surface area contributed by atoms with Gasteiger partial charge in [0.15, 0.2) is 0 Å². The fourth-order valence-electron chi connectivity index (χ4n) is 3.43. The van der Waals surface area contributed by atoms with Gasteiger partial charge in [0.05, 0.1) is 17.8 Å². The fourth-order valence-corrected chi connectivity index (χ4v) is 3.43. The lowest BCUT2D eigenvalue weighted by atomic mass is 10.1. The zero-order chi connectivity index (χ0) is 22.9. The molecule has 3 aromatic rings. The zero-order valence-corrected chi connectivity index (χ0v) is 17.0. The van der Waals surface area contributed by atoms with Crippen LogP contribution in [0.25, 0.3) is 22.3 Å². The Morgan fingerprint density at radius 3 is 2.58 bits per heavy atom.